The molecule has 0 aromatic carbocycles. The molecule has 2 aromatic heterocycles. The molecule has 7 nitrogen and oxygen atoms in total. The van der Waals surface area contributed by atoms with Crippen molar-refractivity contribution in [3.05, 3.63) is 23.7 Å². The van der Waals surface area contributed by atoms with E-state index in [1.165, 1.54) is 6.33 Å². The normalized spacial score (nSPS) is 13.9. The van der Waals surface area contributed by atoms with Crippen LogP contribution in [0.3, 0.4) is 0 Å². The maximum atomic E-state index is 5.94. The number of fused-ring (bicyclic) bond motifs is 1. The van der Waals surface area contributed by atoms with Crippen LogP contribution in [0.5, 0.6) is 5.88 Å². The maximum Gasteiger partial charge on any atom is 0.216 e. The number of ether oxygens (including phenoxy) is 2. The Hall–Kier alpha value is -2.28. The summed E-state index contributed by atoms with van der Waals surface area (Å²) in [6.45, 7) is 1.12. The van der Waals surface area contributed by atoms with Crippen LogP contribution in [0.2, 0.25) is 0 Å². The molecule has 1 aliphatic rings. The molecular formula is C12H13N5O2. The van der Waals surface area contributed by atoms with Gasteiger partial charge in [-0.1, -0.05) is 0 Å². The molecule has 0 saturated heterocycles. The van der Waals surface area contributed by atoms with Crippen molar-refractivity contribution in [1.82, 2.24) is 19.9 Å². The highest BCUT2D eigenvalue weighted by Crippen LogP contribution is 2.24. The largest absolute Gasteiger partial charge is 0.481 e. The van der Waals surface area contributed by atoms with E-state index in [1.54, 1.807) is 13.2 Å². The molecule has 0 unspecified atom stereocenters. The lowest BCUT2D eigenvalue weighted by Crippen LogP contribution is -2.16. The van der Waals surface area contributed by atoms with Crippen molar-refractivity contribution in [2.45, 2.75) is 13.0 Å². The third kappa shape index (κ3) is 2.19. The summed E-state index contributed by atoms with van der Waals surface area (Å²) in [6, 6.07) is 1.68. The van der Waals surface area contributed by atoms with Gasteiger partial charge in [-0.3, -0.25) is 0 Å². The Morgan fingerprint density at radius 1 is 1.32 bits per heavy atom. The van der Waals surface area contributed by atoms with E-state index >= 15 is 0 Å². The second-order valence-corrected chi connectivity index (χ2v) is 4.11. The molecule has 0 amide bonds. The Morgan fingerprint density at radius 2 is 2.21 bits per heavy atom. The van der Waals surface area contributed by atoms with Crippen molar-refractivity contribution in [2.75, 3.05) is 19.5 Å². The van der Waals surface area contributed by atoms with E-state index in [1.807, 2.05) is 0 Å². The molecule has 3 rings (SSSR count). The van der Waals surface area contributed by atoms with Gasteiger partial charge >= 0.3 is 0 Å². The highest BCUT2D eigenvalue weighted by Gasteiger charge is 2.18. The summed E-state index contributed by atoms with van der Waals surface area (Å²) in [5.74, 6) is 1.39. The minimum atomic E-state index is 0.442. The number of nitrogens with zero attached hydrogens (tertiary/aromatic N) is 4. The third-order valence-electron chi connectivity index (χ3n) is 2.93. The number of nitrogens with two attached hydrogens (primary N) is 1. The van der Waals surface area contributed by atoms with Crippen LogP contribution in [0.1, 0.15) is 11.3 Å². The van der Waals surface area contributed by atoms with E-state index in [0.29, 0.717) is 36.4 Å². The van der Waals surface area contributed by atoms with Crippen molar-refractivity contribution >= 4 is 5.82 Å². The molecule has 98 valence electrons. The fourth-order valence-corrected chi connectivity index (χ4v) is 1.94. The molecule has 1 aliphatic heterocycles. The van der Waals surface area contributed by atoms with Gasteiger partial charge in [-0.2, -0.15) is 0 Å². The number of hydrogen-bond acceptors (Lipinski definition) is 7. The minimum absolute atomic E-state index is 0.442. The summed E-state index contributed by atoms with van der Waals surface area (Å²) in [6.07, 6.45) is 2.15. The minimum Gasteiger partial charge on any atom is -0.481 e. The molecular weight excluding hydrogens is 246 g/mol. The van der Waals surface area contributed by atoms with Gasteiger partial charge in [-0.15, -0.1) is 0 Å². The SMILES string of the molecule is COc1cc(-c2nc(N)c3c(n2)CCOC3)ncn1. The second kappa shape index (κ2) is 4.77. The Bertz CT molecular complexity index is 617. The first-order chi connectivity index (χ1) is 9.28. The zero-order chi connectivity index (χ0) is 13.2. The molecule has 2 aromatic rings. The Kier molecular flexibility index (Phi) is 2.96. The van der Waals surface area contributed by atoms with Crippen molar-refractivity contribution in [3.63, 3.8) is 0 Å². The van der Waals surface area contributed by atoms with Gasteiger partial charge in [0.2, 0.25) is 5.88 Å². The Labute approximate surface area is 109 Å². The van der Waals surface area contributed by atoms with Crippen molar-refractivity contribution in [3.8, 4) is 17.4 Å². The summed E-state index contributed by atoms with van der Waals surface area (Å²) in [5.41, 5.74) is 8.33. The first kappa shape index (κ1) is 11.8. The third-order valence-corrected chi connectivity index (χ3v) is 2.93. The quantitative estimate of drug-likeness (QED) is 0.843. The van der Waals surface area contributed by atoms with E-state index in [-0.39, 0.29) is 0 Å². The summed E-state index contributed by atoms with van der Waals surface area (Å²) in [5, 5.41) is 0. The lowest BCUT2D eigenvalue weighted by molar-refractivity contribution is 0.109. The van der Waals surface area contributed by atoms with Gasteiger partial charge in [0.15, 0.2) is 5.82 Å². The highest BCUT2D eigenvalue weighted by molar-refractivity contribution is 5.56. The van der Waals surface area contributed by atoms with Gasteiger partial charge in [-0.05, 0) is 0 Å². The molecule has 0 radical (unpaired) electrons. The standard InChI is InChI=1S/C12H13N5O2/c1-18-10-4-9(14-6-15-10)12-16-8-2-3-19-5-7(8)11(13)17-12/h4,6H,2-3,5H2,1H3,(H2,13,16,17). The summed E-state index contributed by atoms with van der Waals surface area (Å²) >= 11 is 0. The molecule has 0 aliphatic carbocycles. The summed E-state index contributed by atoms with van der Waals surface area (Å²) in [4.78, 5) is 16.9. The van der Waals surface area contributed by atoms with Gasteiger partial charge in [0.25, 0.3) is 0 Å². The van der Waals surface area contributed by atoms with Crippen LogP contribution in [-0.4, -0.2) is 33.7 Å². The molecule has 0 fully saturated rings. The van der Waals surface area contributed by atoms with E-state index in [4.69, 9.17) is 15.2 Å². The number of aromatic nitrogens is 4. The zero-order valence-corrected chi connectivity index (χ0v) is 10.5. The molecule has 7 heteroatoms. The zero-order valence-electron chi connectivity index (χ0n) is 10.5. The van der Waals surface area contributed by atoms with Crippen molar-refractivity contribution < 1.29 is 9.47 Å². The second-order valence-electron chi connectivity index (χ2n) is 4.11. The van der Waals surface area contributed by atoms with Crippen LogP contribution < -0.4 is 10.5 Å². The first-order valence-corrected chi connectivity index (χ1v) is 5.87. The molecule has 0 atom stereocenters. The predicted molar refractivity (Wildman–Crippen MR) is 67.4 cm³/mol. The molecule has 2 N–H and O–H groups in total. The van der Waals surface area contributed by atoms with Gasteiger partial charge in [0.05, 0.1) is 26.0 Å². The first-order valence-electron chi connectivity index (χ1n) is 5.87. The van der Waals surface area contributed by atoms with Crippen molar-refractivity contribution in [1.29, 1.82) is 0 Å². The number of rotatable bonds is 2. The lowest BCUT2D eigenvalue weighted by atomic mass is 10.1. The average Bonchev–Trinajstić information content (AvgIpc) is 2.47. The van der Waals surface area contributed by atoms with Crippen LogP contribution in [0.4, 0.5) is 5.82 Å². The number of nitrogen functional groups attached to an aromatic ring is 1. The number of anilines is 1. The molecule has 0 bridgehead atoms. The monoisotopic (exact) mass is 259 g/mol. The van der Waals surface area contributed by atoms with Crippen LogP contribution in [0.15, 0.2) is 12.4 Å². The fourth-order valence-electron chi connectivity index (χ4n) is 1.94. The summed E-state index contributed by atoms with van der Waals surface area (Å²) < 4.78 is 10.4. The van der Waals surface area contributed by atoms with Gasteiger partial charge in [0, 0.05) is 18.1 Å². The van der Waals surface area contributed by atoms with Gasteiger partial charge in [0.1, 0.15) is 17.8 Å². The van der Waals surface area contributed by atoms with E-state index in [9.17, 15) is 0 Å². The predicted octanol–water partition coefficient (Wildman–Crippen LogP) is 0.597. The number of hydrogen-bond donors (Lipinski definition) is 1. The number of methoxy groups -OCH3 is 1. The van der Waals surface area contributed by atoms with E-state index in [0.717, 1.165) is 17.7 Å². The molecule has 19 heavy (non-hydrogen) atoms. The highest BCUT2D eigenvalue weighted by atomic mass is 16.5. The topological polar surface area (TPSA) is 96.0 Å². The van der Waals surface area contributed by atoms with E-state index < -0.39 is 0 Å². The van der Waals surface area contributed by atoms with Crippen LogP contribution in [0, 0.1) is 0 Å². The average molecular weight is 259 g/mol. The summed E-state index contributed by atoms with van der Waals surface area (Å²) in [7, 11) is 1.55. The van der Waals surface area contributed by atoms with Gasteiger partial charge < -0.3 is 15.2 Å². The van der Waals surface area contributed by atoms with Crippen LogP contribution in [0.25, 0.3) is 11.5 Å². The van der Waals surface area contributed by atoms with E-state index in [2.05, 4.69) is 19.9 Å². The Morgan fingerprint density at radius 3 is 3.05 bits per heavy atom. The van der Waals surface area contributed by atoms with Crippen LogP contribution >= 0.6 is 0 Å². The molecule has 0 saturated carbocycles. The van der Waals surface area contributed by atoms with Crippen LogP contribution in [-0.2, 0) is 17.8 Å². The Balaban J connectivity index is 2.07. The molecule has 3 heterocycles. The maximum absolute atomic E-state index is 5.94. The molecule has 0 spiro atoms. The fraction of sp³-hybridized carbons (Fsp3) is 0.333. The smallest absolute Gasteiger partial charge is 0.216 e. The van der Waals surface area contributed by atoms with Crippen molar-refractivity contribution in [2.24, 2.45) is 0 Å². The lowest BCUT2D eigenvalue weighted by Gasteiger charge is -2.17. The van der Waals surface area contributed by atoms with Gasteiger partial charge in [-0.25, -0.2) is 19.9 Å².